The molecular formula is C32H55NO. The molecule has 4 aliphatic rings. The largest absolute Gasteiger partial charge is 0.339 e. The van der Waals surface area contributed by atoms with Gasteiger partial charge in [-0.05, 0) is 117 Å². The molecule has 9 atom stereocenters. The minimum absolute atomic E-state index is 0.148. The standard InChI is InChI=1S/C32H55NO/c1-21(2)10-9-11-23(5)27-14-15-28-26-13-12-24-20-25(33(8)30(34)22(3)4)16-18-31(24,6)29(26)17-19-32(27,28)7/h21,23-29H,3,9-20H2,1-2,4-8H3/t23-,24+,25+,26+,27?,28+,29+,31+,32-/m1/s1. The van der Waals surface area contributed by atoms with E-state index in [-0.39, 0.29) is 5.91 Å². The van der Waals surface area contributed by atoms with E-state index in [1.54, 1.807) is 0 Å². The van der Waals surface area contributed by atoms with Crippen molar-refractivity contribution in [3.05, 3.63) is 12.2 Å². The SMILES string of the molecule is C=C(C)C(=O)N(C)[C@H]1CC[C@@]2(C)[C@@H](CC[C@@H]3[C@@H]2CC[C@]2(C)C([C@H](C)CCCC(C)C)CC[C@@H]32)C1. The van der Waals surface area contributed by atoms with Gasteiger partial charge in [-0.1, -0.05) is 60.5 Å². The Labute approximate surface area is 211 Å². The minimum atomic E-state index is 0.148. The van der Waals surface area contributed by atoms with Crippen LogP contribution in [0.1, 0.15) is 119 Å². The molecule has 2 heteroatoms. The van der Waals surface area contributed by atoms with Crippen LogP contribution in [-0.2, 0) is 4.79 Å². The molecule has 1 amide bonds. The zero-order chi connectivity index (χ0) is 24.8. The van der Waals surface area contributed by atoms with Gasteiger partial charge >= 0.3 is 0 Å². The number of likely N-dealkylation sites (N-methyl/N-ethyl adjacent to an activating group) is 1. The van der Waals surface area contributed by atoms with Gasteiger partial charge in [0.2, 0.25) is 5.91 Å². The quantitative estimate of drug-likeness (QED) is 0.342. The van der Waals surface area contributed by atoms with Crippen molar-refractivity contribution in [1.82, 2.24) is 4.90 Å². The molecule has 0 radical (unpaired) electrons. The molecule has 4 fully saturated rings. The van der Waals surface area contributed by atoms with Gasteiger partial charge in [0.1, 0.15) is 0 Å². The zero-order valence-corrected chi connectivity index (χ0v) is 23.7. The second kappa shape index (κ2) is 9.93. The molecule has 34 heavy (non-hydrogen) atoms. The lowest BCUT2D eigenvalue weighted by Gasteiger charge is -2.62. The van der Waals surface area contributed by atoms with Gasteiger partial charge in [0.25, 0.3) is 0 Å². The summed E-state index contributed by atoms with van der Waals surface area (Å²) in [5.74, 6) is 6.48. The van der Waals surface area contributed by atoms with Crippen LogP contribution < -0.4 is 0 Å². The predicted octanol–water partition coefficient (Wildman–Crippen LogP) is 8.51. The van der Waals surface area contributed by atoms with Crippen molar-refractivity contribution in [3.63, 3.8) is 0 Å². The summed E-state index contributed by atoms with van der Waals surface area (Å²) in [7, 11) is 2.02. The van der Waals surface area contributed by atoms with E-state index in [0.29, 0.717) is 22.4 Å². The van der Waals surface area contributed by atoms with Crippen LogP contribution in [-0.4, -0.2) is 23.9 Å². The first-order valence-corrected chi connectivity index (χ1v) is 14.9. The van der Waals surface area contributed by atoms with Crippen LogP contribution in [0.5, 0.6) is 0 Å². The highest BCUT2D eigenvalue weighted by atomic mass is 16.2. The second-order valence-electron chi connectivity index (χ2n) is 14.3. The molecule has 194 valence electrons. The van der Waals surface area contributed by atoms with Gasteiger partial charge < -0.3 is 4.90 Å². The molecule has 4 rings (SSSR count). The van der Waals surface area contributed by atoms with E-state index in [1.807, 2.05) is 18.9 Å². The number of carbonyl (C=O) groups is 1. The van der Waals surface area contributed by atoms with Crippen molar-refractivity contribution in [2.45, 2.75) is 125 Å². The Morgan fingerprint density at radius 3 is 2.29 bits per heavy atom. The van der Waals surface area contributed by atoms with Crippen molar-refractivity contribution in [1.29, 1.82) is 0 Å². The van der Waals surface area contributed by atoms with Gasteiger partial charge in [-0.3, -0.25) is 4.79 Å². The summed E-state index contributed by atoms with van der Waals surface area (Å²) in [6, 6.07) is 0.412. The van der Waals surface area contributed by atoms with Gasteiger partial charge in [0.05, 0.1) is 0 Å². The van der Waals surface area contributed by atoms with Gasteiger partial charge in [-0.2, -0.15) is 0 Å². The van der Waals surface area contributed by atoms with Crippen LogP contribution in [0, 0.1) is 52.3 Å². The summed E-state index contributed by atoms with van der Waals surface area (Å²) in [4.78, 5) is 14.6. The molecule has 0 N–H and O–H groups in total. The first-order chi connectivity index (χ1) is 16.0. The highest BCUT2D eigenvalue weighted by molar-refractivity contribution is 5.92. The summed E-state index contributed by atoms with van der Waals surface area (Å²) >= 11 is 0. The lowest BCUT2D eigenvalue weighted by molar-refractivity contribution is -0.138. The number of hydrogen-bond acceptors (Lipinski definition) is 1. The number of nitrogens with zero attached hydrogens (tertiary/aromatic N) is 1. The Morgan fingerprint density at radius 1 is 0.941 bits per heavy atom. The van der Waals surface area contributed by atoms with Crippen LogP contribution in [0.4, 0.5) is 0 Å². The van der Waals surface area contributed by atoms with E-state index < -0.39 is 0 Å². The molecule has 4 saturated carbocycles. The highest BCUT2D eigenvalue weighted by Gasteiger charge is 2.60. The molecule has 0 aromatic rings. The van der Waals surface area contributed by atoms with Gasteiger partial charge in [0, 0.05) is 18.7 Å². The number of rotatable bonds is 7. The van der Waals surface area contributed by atoms with Gasteiger partial charge in [-0.15, -0.1) is 0 Å². The Kier molecular flexibility index (Phi) is 7.67. The monoisotopic (exact) mass is 469 g/mol. The van der Waals surface area contributed by atoms with Gasteiger partial charge in [0.15, 0.2) is 0 Å². The summed E-state index contributed by atoms with van der Waals surface area (Å²) < 4.78 is 0. The summed E-state index contributed by atoms with van der Waals surface area (Å²) in [6.07, 6.45) is 16.7. The van der Waals surface area contributed by atoms with Crippen LogP contribution >= 0.6 is 0 Å². The van der Waals surface area contributed by atoms with Crippen molar-refractivity contribution in [2.75, 3.05) is 7.05 Å². The maximum absolute atomic E-state index is 12.6. The van der Waals surface area contributed by atoms with E-state index in [0.717, 1.165) is 41.4 Å². The maximum Gasteiger partial charge on any atom is 0.248 e. The molecule has 0 bridgehead atoms. The van der Waals surface area contributed by atoms with Crippen molar-refractivity contribution in [2.24, 2.45) is 52.3 Å². The van der Waals surface area contributed by atoms with Crippen molar-refractivity contribution < 1.29 is 4.79 Å². The summed E-state index contributed by atoms with van der Waals surface area (Å²) in [5.41, 5.74) is 1.77. The van der Waals surface area contributed by atoms with Crippen molar-refractivity contribution in [3.8, 4) is 0 Å². The smallest absolute Gasteiger partial charge is 0.248 e. The van der Waals surface area contributed by atoms with E-state index in [1.165, 1.54) is 77.0 Å². The lowest BCUT2D eigenvalue weighted by Crippen LogP contribution is -2.55. The van der Waals surface area contributed by atoms with E-state index in [2.05, 4.69) is 41.2 Å². The molecule has 0 aromatic carbocycles. The molecule has 0 spiro atoms. The molecule has 0 heterocycles. The van der Waals surface area contributed by atoms with Crippen LogP contribution in [0.25, 0.3) is 0 Å². The maximum atomic E-state index is 12.6. The number of fused-ring (bicyclic) bond motifs is 5. The Morgan fingerprint density at radius 2 is 1.62 bits per heavy atom. The zero-order valence-electron chi connectivity index (χ0n) is 23.7. The molecule has 1 unspecified atom stereocenters. The van der Waals surface area contributed by atoms with Gasteiger partial charge in [-0.25, -0.2) is 0 Å². The van der Waals surface area contributed by atoms with Crippen LogP contribution in [0.15, 0.2) is 12.2 Å². The van der Waals surface area contributed by atoms with Crippen LogP contribution in [0.3, 0.4) is 0 Å². The third kappa shape index (κ3) is 4.54. The van der Waals surface area contributed by atoms with E-state index in [9.17, 15) is 4.79 Å². The third-order valence-electron chi connectivity index (χ3n) is 12.1. The minimum Gasteiger partial charge on any atom is -0.339 e. The number of amides is 1. The Bertz CT molecular complexity index is 756. The fourth-order valence-electron chi connectivity index (χ4n) is 10.1. The second-order valence-corrected chi connectivity index (χ2v) is 14.3. The predicted molar refractivity (Wildman–Crippen MR) is 144 cm³/mol. The molecule has 4 aliphatic carbocycles. The first-order valence-electron chi connectivity index (χ1n) is 14.9. The normalized spacial score (nSPS) is 42.5. The number of hydrogen-bond donors (Lipinski definition) is 0. The van der Waals surface area contributed by atoms with E-state index in [4.69, 9.17) is 0 Å². The first kappa shape index (κ1) is 26.3. The fraction of sp³-hybridized carbons (Fsp3) is 0.906. The highest BCUT2D eigenvalue weighted by Crippen LogP contribution is 2.68. The topological polar surface area (TPSA) is 20.3 Å². The fourth-order valence-corrected chi connectivity index (χ4v) is 10.1. The van der Waals surface area contributed by atoms with Crippen LogP contribution in [0.2, 0.25) is 0 Å². The number of carbonyl (C=O) groups excluding carboxylic acids is 1. The summed E-state index contributed by atoms with van der Waals surface area (Å²) in [5, 5.41) is 0. The molecule has 2 nitrogen and oxygen atoms in total. The molecule has 0 aromatic heterocycles. The Hall–Kier alpha value is -0.790. The third-order valence-corrected chi connectivity index (χ3v) is 12.1. The van der Waals surface area contributed by atoms with E-state index >= 15 is 0 Å². The molecule has 0 saturated heterocycles. The molecular weight excluding hydrogens is 414 g/mol. The Balaban J connectivity index is 1.43. The average molecular weight is 470 g/mol. The lowest BCUT2D eigenvalue weighted by atomic mass is 9.44. The van der Waals surface area contributed by atoms with Crippen molar-refractivity contribution >= 4 is 5.91 Å². The summed E-state index contributed by atoms with van der Waals surface area (Å²) in [6.45, 7) is 18.5. The average Bonchev–Trinajstić information content (AvgIpc) is 3.14. The molecule has 0 aliphatic heterocycles.